The number of aromatic nitrogens is 1. The highest BCUT2D eigenvalue weighted by molar-refractivity contribution is 6.35. The minimum Gasteiger partial charge on any atom is -0.489 e. The molecule has 0 N–H and O–H groups in total. The molecule has 0 atom stereocenters. The van der Waals surface area contributed by atoms with Crippen LogP contribution in [0, 0.1) is 0 Å². The number of carbonyl (C=O) groups excluding carboxylic acids is 1. The summed E-state index contributed by atoms with van der Waals surface area (Å²) in [5, 5.41) is 0.428. The van der Waals surface area contributed by atoms with E-state index in [0.717, 1.165) is 23.6 Å². The van der Waals surface area contributed by atoms with Crippen LogP contribution in [0.15, 0.2) is 48.5 Å². The van der Waals surface area contributed by atoms with Gasteiger partial charge in [-0.05, 0) is 54.3 Å². The molecule has 0 aliphatic carbocycles. The summed E-state index contributed by atoms with van der Waals surface area (Å²) >= 11 is 6.04. The Morgan fingerprint density at radius 2 is 1.77 bits per heavy atom. The van der Waals surface area contributed by atoms with Crippen LogP contribution in [0.25, 0.3) is 10.9 Å². The van der Waals surface area contributed by atoms with Crippen molar-refractivity contribution < 1.29 is 27.4 Å². The second kappa shape index (κ2) is 9.34. The number of alkyl halides is 3. The van der Waals surface area contributed by atoms with Crippen LogP contribution in [0.2, 0.25) is 5.02 Å². The monoisotopic (exact) mass is 437 g/mol. The molecular weight excluding hydrogens is 419 g/mol. The molecule has 0 amide bonds. The maximum atomic E-state index is 12.9. The van der Waals surface area contributed by atoms with Crippen molar-refractivity contribution in [1.29, 1.82) is 0 Å². The molecule has 1 heterocycles. The quantitative estimate of drug-likeness (QED) is 0.426. The van der Waals surface area contributed by atoms with E-state index in [1.807, 2.05) is 24.3 Å². The highest BCUT2D eigenvalue weighted by atomic mass is 35.5. The predicted octanol–water partition coefficient (Wildman–Crippen LogP) is 5.98. The van der Waals surface area contributed by atoms with E-state index in [4.69, 9.17) is 16.3 Å². The maximum Gasteiger partial charge on any atom is 0.433 e. The number of esters is 1. The number of halogens is 4. The van der Waals surface area contributed by atoms with Gasteiger partial charge in [0.15, 0.2) is 0 Å². The van der Waals surface area contributed by atoms with Gasteiger partial charge < -0.3 is 9.47 Å². The fourth-order valence-electron chi connectivity index (χ4n) is 2.92. The van der Waals surface area contributed by atoms with Crippen molar-refractivity contribution >= 4 is 28.5 Å². The Balaban J connectivity index is 1.63. The number of benzene rings is 2. The smallest absolute Gasteiger partial charge is 0.433 e. The first-order valence-electron chi connectivity index (χ1n) is 9.21. The van der Waals surface area contributed by atoms with Crippen molar-refractivity contribution in [3.8, 4) is 5.75 Å². The Morgan fingerprint density at radius 3 is 2.43 bits per heavy atom. The van der Waals surface area contributed by atoms with Gasteiger partial charge in [0.2, 0.25) is 0 Å². The lowest BCUT2D eigenvalue weighted by molar-refractivity contribution is -0.141. The Hall–Kier alpha value is -2.80. The van der Waals surface area contributed by atoms with Crippen LogP contribution in [0.4, 0.5) is 13.2 Å². The van der Waals surface area contributed by atoms with Crippen LogP contribution in [0.3, 0.4) is 0 Å². The predicted molar refractivity (Wildman–Crippen MR) is 107 cm³/mol. The number of nitrogens with zero attached hydrogens (tertiary/aromatic N) is 1. The number of carbonyl (C=O) groups is 1. The third-order valence-electron chi connectivity index (χ3n) is 4.52. The van der Waals surface area contributed by atoms with Crippen LogP contribution in [0.1, 0.15) is 29.7 Å². The molecule has 0 radical (unpaired) electrons. The van der Waals surface area contributed by atoms with Crippen LogP contribution < -0.4 is 4.74 Å². The van der Waals surface area contributed by atoms with Crippen molar-refractivity contribution in [2.24, 2.45) is 0 Å². The molecule has 0 spiro atoms. The second-order valence-corrected chi connectivity index (χ2v) is 7.11. The van der Waals surface area contributed by atoms with Gasteiger partial charge >= 0.3 is 12.1 Å². The summed E-state index contributed by atoms with van der Waals surface area (Å²) in [5.41, 5.74) is 0.994. The molecule has 2 aromatic carbocycles. The van der Waals surface area contributed by atoms with Gasteiger partial charge in [0.25, 0.3) is 0 Å². The number of hydrogen-bond acceptors (Lipinski definition) is 4. The molecule has 158 valence electrons. The summed E-state index contributed by atoms with van der Waals surface area (Å²) in [6.45, 7) is 0.231. The number of rotatable bonds is 7. The topological polar surface area (TPSA) is 48.4 Å². The minimum atomic E-state index is -4.55. The molecule has 3 aromatic rings. The van der Waals surface area contributed by atoms with E-state index < -0.39 is 11.9 Å². The number of hydrogen-bond donors (Lipinski definition) is 0. The van der Waals surface area contributed by atoms with Gasteiger partial charge in [-0.25, -0.2) is 4.98 Å². The molecule has 0 fully saturated rings. The van der Waals surface area contributed by atoms with E-state index in [-0.39, 0.29) is 23.1 Å². The number of methoxy groups -OCH3 is 1. The van der Waals surface area contributed by atoms with E-state index in [1.54, 1.807) is 12.1 Å². The zero-order valence-electron chi connectivity index (χ0n) is 16.1. The van der Waals surface area contributed by atoms with E-state index in [1.165, 1.54) is 13.2 Å². The van der Waals surface area contributed by atoms with Gasteiger partial charge in [-0.1, -0.05) is 29.8 Å². The van der Waals surface area contributed by atoms with Crippen molar-refractivity contribution in [3.05, 3.63) is 70.4 Å². The zero-order chi connectivity index (χ0) is 21.7. The standard InChI is InChI=1S/C22H19ClF3NO3/c1-29-21(28)4-2-3-14-5-8-16(9-6-14)30-13-15-7-10-19-17(11-15)18(23)12-20(27-19)22(24,25)26/h5-12H,2-4,13H2,1H3. The first kappa shape index (κ1) is 21.9. The minimum absolute atomic E-state index is 0.00881. The maximum absolute atomic E-state index is 12.9. The fraction of sp³-hybridized carbons (Fsp3) is 0.273. The number of pyridine rings is 1. The first-order chi connectivity index (χ1) is 14.3. The lowest BCUT2D eigenvalue weighted by Crippen LogP contribution is -2.08. The molecule has 0 saturated carbocycles. The second-order valence-electron chi connectivity index (χ2n) is 6.70. The molecule has 0 bridgehead atoms. The Morgan fingerprint density at radius 1 is 1.07 bits per heavy atom. The average molecular weight is 438 g/mol. The normalized spacial score (nSPS) is 11.5. The van der Waals surface area contributed by atoms with Crippen molar-refractivity contribution in [2.45, 2.75) is 32.0 Å². The molecule has 1 aromatic heterocycles. The summed E-state index contributed by atoms with van der Waals surface area (Å²) < 4.78 is 49.0. The Labute approximate surface area is 176 Å². The first-order valence-corrected chi connectivity index (χ1v) is 9.59. The molecule has 3 rings (SSSR count). The van der Waals surface area contributed by atoms with Crippen molar-refractivity contribution in [2.75, 3.05) is 7.11 Å². The lowest BCUT2D eigenvalue weighted by atomic mass is 10.1. The fourth-order valence-corrected chi connectivity index (χ4v) is 3.18. The third kappa shape index (κ3) is 5.63. The largest absolute Gasteiger partial charge is 0.489 e. The molecule has 0 aliphatic heterocycles. The van der Waals surface area contributed by atoms with Crippen LogP contribution in [-0.4, -0.2) is 18.1 Å². The highest BCUT2D eigenvalue weighted by Gasteiger charge is 2.33. The summed E-state index contributed by atoms with van der Waals surface area (Å²) in [4.78, 5) is 14.8. The Bertz CT molecular complexity index is 1040. The van der Waals surface area contributed by atoms with Gasteiger partial charge in [-0.15, -0.1) is 0 Å². The van der Waals surface area contributed by atoms with Crippen LogP contribution in [0.5, 0.6) is 5.75 Å². The number of aryl methyl sites for hydroxylation is 1. The number of fused-ring (bicyclic) bond motifs is 1. The van der Waals surface area contributed by atoms with Gasteiger partial charge in [0, 0.05) is 11.8 Å². The summed E-state index contributed by atoms with van der Waals surface area (Å²) in [5.74, 6) is 0.429. The summed E-state index contributed by atoms with van der Waals surface area (Å²) in [6.07, 6.45) is -2.72. The van der Waals surface area contributed by atoms with Crippen LogP contribution >= 0.6 is 11.6 Å². The lowest BCUT2D eigenvalue weighted by Gasteiger charge is -2.11. The molecule has 0 saturated heterocycles. The van der Waals surface area contributed by atoms with Gasteiger partial charge in [0.05, 0.1) is 17.6 Å². The number of ether oxygens (including phenoxy) is 2. The van der Waals surface area contributed by atoms with Gasteiger partial charge in [-0.3, -0.25) is 4.79 Å². The van der Waals surface area contributed by atoms with Crippen LogP contribution in [-0.2, 0) is 28.7 Å². The molecule has 8 heteroatoms. The van der Waals surface area contributed by atoms with Crippen molar-refractivity contribution in [1.82, 2.24) is 4.98 Å². The third-order valence-corrected chi connectivity index (χ3v) is 4.83. The van der Waals surface area contributed by atoms with Crippen molar-refractivity contribution in [3.63, 3.8) is 0 Å². The van der Waals surface area contributed by atoms with E-state index in [2.05, 4.69) is 9.72 Å². The summed E-state index contributed by atoms with van der Waals surface area (Å²) in [7, 11) is 1.37. The highest BCUT2D eigenvalue weighted by Crippen LogP contribution is 2.33. The SMILES string of the molecule is COC(=O)CCCc1ccc(OCc2ccc3nc(C(F)(F)F)cc(Cl)c3c2)cc1. The molecule has 0 aliphatic rings. The molecule has 30 heavy (non-hydrogen) atoms. The summed E-state index contributed by atoms with van der Waals surface area (Å²) in [6, 6.07) is 13.2. The van der Waals surface area contributed by atoms with Gasteiger partial charge in [0.1, 0.15) is 18.1 Å². The van der Waals surface area contributed by atoms with E-state index in [0.29, 0.717) is 24.0 Å². The average Bonchev–Trinajstić information content (AvgIpc) is 2.72. The van der Waals surface area contributed by atoms with E-state index in [9.17, 15) is 18.0 Å². The molecule has 0 unspecified atom stereocenters. The zero-order valence-corrected chi connectivity index (χ0v) is 16.9. The van der Waals surface area contributed by atoms with E-state index >= 15 is 0 Å². The molecular formula is C22H19ClF3NO3. The Kier molecular flexibility index (Phi) is 6.82. The van der Waals surface area contributed by atoms with Gasteiger partial charge in [-0.2, -0.15) is 13.2 Å². The molecule has 4 nitrogen and oxygen atoms in total.